The number of benzene rings is 2. The number of carbonyl (C=O) groups excluding carboxylic acids is 1. The molecule has 0 radical (unpaired) electrons. The van der Waals surface area contributed by atoms with Gasteiger partial charge >= 0.3 is 6.18 Å². The van der Waals surface area contributed by atoms with E-state index in [1.807, 2.05) is 32.0 Å². The molecule has 0 bridgehead atoms. The van der Waals surface area contributed by atoms with Crippen molar-refractivity contribution >= 4 is 5.91 Å². The van der Waals surface area contributed by atoms with Crippen LogP contribution in [-0.4, -0.2) is 27.5 Å². The van der Waals surface area contributed by atoms with E-state index in [-0.39, 0.29) is 24.8 Å². The number of hydrogen-bond acceptors (Lipinski definition) is 4. The van der Waals surface area contributed by atoms with Gasteiger partial charge in [0.2, 0.25) is 17.6 Å². The highest BCUT2D eigenvalue weighted by Crippen LogP contribution is 2.32. The van der Waals surface area contributed by atoms with Crippen molar-refractivity contribution in [3.05, 3.63) is 70.6 Å². The predicted molar refractivity (Wildman–Crippen MR) is 103 cm³/mol. The average molecular weight is 415 g/mol. The van der Waals surface area contributed by atoms with Crippen molar-refractivity contribution in [3.63, 3.8) is 0 Å². The molecule has 2 heterocycles. The van der Waals surface area contributed by atoms with E-state index >= 15 is 0 Å². The Hall–Kier alpha value is -3.16. The fraction of sp³-hybridized carbons (Fsp3) is 0.318. The first-order chi connectivity index (χ1) is 14.2. The number of hydrogen-bond donors (Lipinski definition) is 0. The van der Waals surface area contributed by atoms with Gasteiger partial charge in [-0.2, -0.15) is 18.2 Å². The van der Waals surface area contributed by atoms with E-state index in [2.05, 4.69) is 10.1 Å². The number of alkyl halides is 3. The molecule has 0 N–H and O–H groups in total. The Bertz CT molecular complexity index is 1070. The first-order valence-electron chi connectivity index (χ1n) is 9.56. The molecule has 1 saturated heterocycles. The Labute approximate surface area is 171 Å². The van der Waals surface area contributed by atoms with Crippen molar-refractivity contribution < 1.29 is 22.5 Å². The molecule has 0 saturated carbocycles. The van der Waals surface area contributed by atoms with Crippen molar-refractivity contribution in [2.24, 2.45) is 0 Å². The van der Waals surface area contributed by atoms with Gasteiger partial charge in [-0.05, 0) is 43.2 Å². The molecular weight excluding hydrogens is 395 g/mol. The van der Waals surface area contributed by atoms with Crippen LogP contribution in [-0.2, 0) is 17.5 Å². The summed E-state index contributed by atoms with van der Waals surface area (Å²) in [5.41, 5.74) is 2.93. The van der Waals surface area contributed by atoms with Crippen LogP contribution in [0.15, 0.2) is 47.0 Å². The van der Waals surface area contributed by atoms with Gasteiger partial charge in [0, 0.05) is 25.1 Å². The van der Waals surface area contributed by atoms with Crippen LogP contribution in [0.2, 0.25) is 0 Å². The minimum absolute atomic E-state index is 0.0913. The Balaban J connectivity index is 1.46. The Kier molecular flexibility index (Phi) is 5.09. The number of likely N-dealkylation sites (tertiary alicyclic amines) is 1. The van der Waals surface area contributed by atoms with Crippen molar-refractivity contribution in [2.45, 2.75) is 38.9 Å². The van der Waals surface area contributed by atoms with Gasteiger partial charge in [0.1, 0.15) is 0 Å². The third-order valence-electron chi connectivity index (χ3n) is 5.29. The molecule has 1 aliphatic rings. The number of carbonyl (C=O) groups is 1. The maximum absolute atomic E-state index is 12.7. The van der Waals surface area contributed by atoms with Gasteiger partial charge in [0.25, 0.3) is 0 Å². The molecule has 3 aromatic rings. The molecule has 1 fully saturated rings. The number of nitrogens with zero attached hydrogens (tertiary/aromatic N) is 3. The van der Waals surface area contributed by atoms with Gasteiger partial charge in [-0.15, -0.1) is 0 Å². The summed E-state index contributed by atoms with van der Waals surface area (Å²) < 4.78 is 43.6. The summed E-state index contributed by atoms with van der Waals surface area (Å²) in [7, 11) is 0. The maximum Gasteiger partial charge on any atom is 0.416 e. The van der Waals surface area contributed by atoms with E-state index < -0.39 is 11.7 Å². The molecule has 0 spiro atoms. The fourth-order valence-electron chi connectivity index (χ4n) is 3.60. The summed E-state index contributed by atoms with van der Waals surface area (Å²) in [5, 5.41) is 4.08. The molecule has 0 aliphatic carbocycles. The van der Waals surface area contributed by atoms with Crippen LogP contribution in [0.5, 0.6) is 0 Å². The minimum Gasteiger partial charge on any atom is -0.339 e. The van der Waals surface area contributed by atoms with Crippen LogP contribution in [0, 0.1) is 13.8 Å². The van der Waals surface area contributed by atoms with E-state index in [4.69, 9.17) is 4.52 Å². The van der Waals surface area contributed by atoms with E-state index in [1.165, 1.54) is 12.1 Å². The van der Waals surface area contributed by atoms with Crippen molar-refractivity contribution in [1.82, 2.24) is 15.0 Å². The monoisotopic (exact) mass is 415 g/mol. The summed E-state index contributed by atoms with van der Waals surface area (Å²) >= 11 is 0. The third kappa shape index (κ3) is 4.08. The van der Waals surface area contributed by atoms with Gasteiger partial charge in [0.05, 0.1) is 11.5 Å². The molecule has 2 aromatic carbocycles. The van der Waals surface area contributed by atoms with Crippen molar-refractivity contribution in [2.75, 3.05) is 6.54 Å². The SMILES string of the molecule is Cc1ccc(C)c(-c2noc(C3CC(=O)N(Cc4ccc(C(F)(F)F)cc4)C3)n2)c1. The number of halogens is 3. The van der Waals surface area contributed by atoms with E-state index in [1.54, 1.807) is 4.90 Å². The summed E-state index contributed by atoms with van der Waals surface area (Å²) in [6.45, 7) is 4.58. The summed E-state index contributed by atoms with van der Waals surface area (Å²) in [5.74, 6) is 0.554. The molecule has 1 aromatic heterocycles. The summed E-state index contributed by atoms with van der Waals surface area (Å²) in [6.07, 6.45) is -4.15. The van der Waals surface area contributed by atoms with Crippen LogP contribution in [0.3, 0.4) is 0 Å². The highest BCUT2D eigenvalue weighted by atomic mass is 19.4. The van der Waals surface area contributed by atoms with Gasteiger partial charge in [0.15, 0.2) is 0 Å². The second-order valence-electron chi connectivity index (χ2n) is 7.64. The molecule has 1 unspecified atom stereocenters. The van der Waals surface area contributed by atoms with Gasteiger partial charge in [-0.25, -0.2) is 0 Å². The van der Waals surface area contributed by atoms with Crippen LogP contribution >= 0.6 is 0 Å². The molecular formula is C22H20F3N3O2. The highest BCUT2D eigenvalue weighted by molar-refractivity contribution is 5.79. The van der Waals surface area contributed by atoms with Crippen LogP contribution in [0.25, 0.3) is 11.4 Å². The smallest absolute Gasteiger partial charge is 0.339 e. The lowest BCUT2D eigenvalue weighted by Gasteiger charge is -2.16. The predicted octanol–water partition coefficient (Wildman–Crippen LogP) is 4.89. The Morgan fingerprint density at radius 2 is 1.87 bits per heavy atom. The standard InChI is InChI=1S/C22H20F3N3O2/c1-13-3-4-14(2)18(9-13)20-26-21(30-27-20)16-10-19(29)28(12-16)11-15-5-7-17(8-6-15)22(23,24)25/h3-9,16H,10-12H2,1-2H3. The van der Waals surface area contributed by atoms with Gasteiger partial charge in [-0.1, -0.05) is 35.0 Å². The molecule has 30 heavy (non-hydrogen) atoms. The zero-order valence-corrected chi connectivity index (χ0v) is 16.5. The topological polar surface area (TPSA) is 59.2 Å². The van der Waals surface area contributed by atoms with Gasteiger partial charge in [-0.3, -0.25) is 4.79 Å². The molecule has 4 rings (SSSR count). The van der Waals surface area contributed by atoms with E-state index in [9.17, 15) is 18.0 Å². The van der Waals surface area contributed by atoms with E-state index in [0.29, 0.717) is 23.8 Å². The zero-order valence-electron chi connectivity index (χ0n) is 16.5. The van der Waals surface area contributed by atoms with Crippen LogP contribution in [0.1, 0.15) is 40.5 Å². The molecule has 1 atom stereocenters. The maximum atomic E-state index is 12.7. The zero-order chi connectivity index (χ0) is 21.5. The Morgan fingerprint density at radius 1 is 1.13 bits per heavy atom. The normalized spacial score (nSPS) is 17.0. The first-order valence-corrected chi connectivity index (χ1v) is 9.56. The minimum atomic E-state index is -4.38. The molecule has 5 nitrogen and oxygen atoms in total. The van der Waals surface area contributed by atoms with Crippen molar-refractivity contribution in [1.29, 1.82) is 0 Å². The number of rotatable bonds is 4. The quantitative estimate of drug-likeness (QED) is 0.609. The molecule has 156 valence electrons. The molecule has 8 heteroatoms. The fourth-order valence-corrected chi connectivity index (χ4v) is 3.60. The second kappa shape index (κ2) is 7.59. The number of aromatic nitrogens is 2. The van der Waals surface area contributed by atoms with E-state index in [0.717, 1.165) is 28.8 Å². The average Bonchev–Trinajstić information content (AvgIpc) is 3.31. The van der Waals surface area contributed by atoms with Crippen LogP contribution in [0.4, 0.5) is 13.2 Å². The largest absolute Gasteiger partial charge is 0.416 e. The van der Waals surface area contributed by atoms with Crippen LogP contribution < -0.4 is 0 Å². The molecule has 1 amide bonds. The number of aryl methyl sites for hydroxylation is 2. The highest BCUT2D eigenvalue weighted by Gasteiger charge is 2.35. The lowest BCUT2D eigenvalue weighted by molar-refractivity contribution is -0.137. The lowest BCUT2D eigenvalue weighted by atomic mass is 10.1. The Morgan fingerprint density at radius 3 is 2.57 bits per heavy atom. The molecule has 1 aliphatic heterocycles. The summed E-state index contributed by atoms with van der Waals surface area (Å²) in [6, 6.07) is 10.8. The first kappa shape index (κ1) is 20.1. The van der Waals surface area contributed by atoms with Crippen molar-refractivity contribution in [3.8, 4) is 11.4 Å². The van der Waals surface area contributed by atoms with Gasteiger partial charge < -0.3 is 9.42 Å². The number of amides is 1. The third-order valence-corrected chi connectivity index (χ3v) is 5.29. The summed E-state index contributed by atoms with van der Waals surface area (Å²) in [4.78, 5) is 18.5. The lowest BCUT2D eigenvalue weighted by Crippen LogP contribution is -2.24. The second-order valence-corrected chi connectivity index (χ2v) is 7.64.